The number of allylic oxidation sites excluding steroid dienone is 2. The second-order valence-electron chi connectivity index (χ2n) is 2.59. The van der Waals surface area contributed by atoms with Gasteiger partial charge in [-0.15, -0.1) is 0 Å². The van der Waals surface area contributed by atoms with Gasteiger partial charge in [0, 0.05) is 0 Å². The number of rotatable bonds is 1. The summed E-state index contributed by atoms with van der Waals surface area (Å²) in [6.45, 7) is 4.60. The maximum atomic E-state index is 2.38. The van der Waals surface area contributed by atoms with Crippen LogP contribution in [0.4, 0.5) is 0 Å². The Bertz CT molecular complexity index is 110. The minimum atomic E-state index is -0.515. The summed E-state index contributed by atoms with van der Waals surface area (Å²) in [5.41, 5.74) is 5.67. The maximum absolute atomic E-state index is 2.38. The summed E-state index contributed by atoms with van der Waals surface area (Å²) in [5.74, 6) is 0. The first-order valence-electron chi connectivity index (χ1n) is 3.15. The maximum Gasteiger partial charge on any atom is 0.0877 e. The van der Waals surface area contributed by atoms with E-state index in [0.29, 0.717) is 0 Å². The van der Waals surface area contributed by atoms with Gasteiger partial charge in [0.05, 0.1) is 8.80 Å². The van der Waals surface area contributed by atoms with Crippen LogP contribution in [0.3, 0.4) is 0 Å². The van der Waals surface area contributed by atoms with Crippen LogP contribution < -0.4 is 0 Å². The lowest BCUT2D eigenvalue weighted by molar-refractivity contribution is 1.05. The molecule has 0 fully saturated rings. The topological polar surface area (TPSA) is 0 Å². The van der Waals surface area contributed by atoms with E-state index in [1.807, 2.05) is 0 Å². The van der Waals surface area contributed by atoms with E-state index in [4.69, 9.17) is 0 Å². The quantitative estimate of drug-likeness (QED) is 0.468. The Labute approximate surface area is 52.5 Å². The van der Waals surface area contributed by atoms with Crippen molar-refractivity contribution in [2.45, 2.75) is 19.4 Å². The molecule has 0 spiro atoms. The molecule has 0 radical (unpaired) electrons. The third-order valence-electron chi connectivity index (χ3n) is 1.55. The monoisotopic (exact) mass is 124 g/mol. The van der Waals surface area contributed by atoms with E-state index >= 15 is 0 Å². The van der Waals surface area contributed by atoms with Crippen LogP contribution in [0.2, 0.25) is 5.54 Å². The fraction of sp³-hybridized carbons (Fsp3) is 0.429. The van der Waals surface area contributed by atoms with Crippen LogP contribution in [0.5, 0.6) is 0 Å². The Kier molecular flexibility index (Phi) is 1.68. The number of hydrogen-bond donors (Lipinski definition) is 0. The molecule has 0 unspecified atom stereocenters. The molecule has 0 saturated carbocycles. The fourth-order valence-electron chi connectivity index (χ4n) is 0.893. The van der Waals surface area contributed by atoms with Gasteiger partial charge < -0.3 is 0 Å². The van der Waals surface area contributed by atoms with E-state index in [1.54, 1.807) is 0 Å². The standard InChI is InChI=1S/C7H12Si/c1-7(2)8-5-3-4-6-8/h3-8H,1-2H3. The zero-order valence-corrected chi connectivity index (χ0v) is 6.62. The van der Waals surface area contributed by atoms with Gasteiger partial charge >= 0.3 is 0 Å². The average molecular weight is 124 g/mol. The summed E-state index contributed by atoms with van der Waals surface area (Å²) in [7, 11) is -0.515. The first-order valence-corrected chi connectivity index (χ1v) is 5.15. The molecule has 44 valence electrons. The molecule has 0 saturated heterocycles. The largest absolute Gasteiger partial charge is 0.0933 e. The Morgan fingerprint density at radius 1 is 1.12 bits per heavy atom. The highest BCUT2D eigenvalue weighted by Gasteiger charge is 2.08. The molecule has 1 heterocycles. The van der Waals surface area contributed by atoms with Crippen LogP contribution in [0.1, 0.15) is 13.8 Å². The lowest BCUT2D eigenvalue weighted by Crippen LogP contribution is -2.07. The second kappa shape index (κ2) is 2.31. The normalized spacial score (nSPS) is 18.9. The van der Waals surface area contributed by atoms with Gasteiger partial charge in [0.1, 0.15) is 0 Å². The molecule has 0 atom stereocenters. The van der Waals surface area contributed by atoms with Crippen molar-refractivity contribution in [2.24, 2.45) is 0 Å². The van der Waals surface area contributed by atoms with Crippen molar-refractivity contribution in [1.82, 2.24) is 0 Å². The molecular weight excluding hydrogens is 112 g/mol. The zero-order valence-electron chi connectivity index (χ0n) is 5.46. The summed E-state index contributed by atoms with van der Waals surface area (Å²) in [6.07, 6.45) is 4.35. The van der Waals surface area contributed by atoms with Gasteiger partial charge in [0.2, 0.25) is 0 Å². The summed E-state index contributed by atoms with van der Waals surface area (Å²) < 4.78 is 0. The predicted octanol–water partition coefficient (Wildman–Crippen LogP) is 1.83. The summed E-state index contributed by atoms with van der Waals surface area (Å²) in [4.78, 5) is 0. The average Bonchev–Trinajstić information content (AvgIpc) is 2.12. The Hall–Kier alpha value is -0.303. The van der Waals surface area contributed by atoms with Gasteiger partial charge in [-0.2, -0.15) is 0 Å². The molecule has 0 nitrogen and oxygen atoms in total. The minimum Gasteiger partial charge on any atom is -0.0933 e. The van der Waals surface area contributed by atoms with Crippen LogP contribution in [-0.4, -0.2) is 8.80 Å². The van der Waals surface area contributed by atoms with Crippen molar-refractivity contribution in [3.63, 3.8) is 0 Å². The number of hydrogen-bond acceptors (Lipinski definition) is 0. The highest BCUT2D eigenvalue weighted by atomic mass is 28.3. The summed E-state index contributed by atoms with van der Waals surface area (Å²) in [6, 6.07) is 0. The van der Waals surface area contributed by atoms with Gasteiger partial charge in [-0.25, -0.2) is 0 Å². The molecule has 8 heavy (non-hydrogen) atoms. The highest BCUT2D eigenvalue weighted by molar-refractivity contribution is 6.71. The van der Waals surface area contributed by atoms with E-state index in [2.05, 4.69) is 37.4 Å². The molecular formula is C7H12Si. The molecule has 0 N–H and O–H groups in total. The van der Waals surface area contributed by atoms with Gasteiger partial charge in [-0.1, -0.05) is 37.4 Å². The van der Waals surface area contributed by atoms with Crippen LogP contribution >= 0.6 is 0 Å². The van der Waals surface area contributed by atoms with Gasteiger partial charge in [-0.3, -0.25) is 0 Å². The third-order valence-corrected chi connectivity index (χ3v) is 4.42. The zero-order chi connectivity index (χ0) is 5.98. The summed E-state index contributed by atoms with van der Waals surface area (Å²) >= 11 is 0. The van der Waals surface area contributed by atoms with Crippen molar-refractivity contribution < 1.29 is 0 Å². The Balaban J connectivity index is 2.49. The van der Waals surface area contributed by atoms with Crippen LogP contribution in [-0.2, 0) is 0 Å². The van der Waals surface area contributed by atoms with E-state index < -0.39 is 8.80 Å². The van der Waals surface area contributed by atoms with E-state index in [1.165, 1.54) is 0 Å². The van der Waals surface area contributed by atoms with Gasteiger partial charge in [0.15, 0.2) is 0 Å². The van der Waals surface area contributed by atoms with Crippen molar-refractivity contribution in [3.8, 4) is 0 Å². The van der Waals surface area contributed by atoms with E-state index in [9.17, 15) is 0 Å². The van der Waals surface area contributed by atoms with Crippen molar-refractivity contribution in [2.75, 3.05) is 0 Å². The van der Waals surface area contributed by atoms with E-state index in [0.717, 1.165) is 5.54 Å². The second-order valence-corrected chi connectivity index (χ2v) is 5.85. The SMILES string of the molecule is CC(C)[SiH]1C=CC=C1. The smallest absolute Gasteiger partial charge is 0.0877 e. The minimum absolute atomic E-state index is 0.515. The van der Waals surface area contributed by atoms with Gasteiger partial charge in [0.25, 0.3) is 0 Å². The van der Waals surface area contributed by atoms with Gasteiger partial charge in [-0.05, 0) is 5.54 Å². The Morgan fingerprint density at radius 3 is 1.88 bits per heavy atom. The van der Waals surface area contributed by atoms with Crippen molar-refractivity contribution in [3.05, 3.63) is 23.6 Å². The lowest BCUT2D eigenvalue weighted by atomic mass is 10.6. The molecule has 1 heteroatoms. The first-order chi connectivity index (χ1) is 3.80. The molecule has 0 aromatic heterocycles. The van der Waals surface area contributed by atoms with Crippen LogP contribution in [0.25, 0.3) is 0 Å². The lowest BCUT2D eigenvalue weighted by Gasteiger charge is -2.04. The molecule has 1 aliphatic rings. The third kappa shape index (κ3) is 1.10. The first kappa shape index (κ1) is 5.83. The van der Waals surface area contributed by atoms with Crippen LogP contribution in [0.15, 0.2) is 23.6 Å². The Morgan fingerprint density at radius 2 is 1.62 bits per heavy atom. The molecule has 0 aromatic carbocycles. The summed E-state index contributed by atoms with van der Waals surface area (Å²) in [5, 5.41) is 0. The predicted molar refractivity (Wildman–Crippen MR) is 40.5 cm³/mol. The molecule has 1 rings (SSSR count). The molecule has 0 aromatic rings. The van der Waals surface area contributed by atoms with Crippen LogP contribution in [0, 0.1) is 0 Å². The van der Waals surface area contributed by atoms with Crippen molar-refractivity contribution >= 4 is 8.80 Å². The van der Waals surface area contributed by atoms with Crippen molar-refractivity contribution in [1.29, 1.82) is 0 Å². The molecule has 1 aliphatic heterocycles. The molecule has 0 bridgehead atoms. The molecule has 0 amide bonds. The highest BCUT2D eigenvalue weighted by Crippen LogP contribution is 2.12. The molecule has 0 aliphatic carbocycles. The fourth-order valence-corrected chi connectivity index (χ4v) is 2.68. The van der Waals surface area contributed by atoms with E-state index in [-0.39, 0.29) is 0 Å².